The zero-order chi connectivity index (χ0) is 15.4. The molecule has 2 aromatic carbocycles. The summed E-state index contributed by atoms with van der Waals surface area (Å²) in [7, 11) is 0. The van der Waals surface area contributed by atoms with Crippen LogP contribution in [0.15, 0.2) is 70.9 Å². The molecule has 3 aromatic rings. The second-order valence-corrected chi connectivity index (χ2v) is 4.44. The van der Waals surface area contributed by atoms with E-state index in [1.54, 1.807) is 24.3 Å². The van der Waals surface area contributed by atoms with Crippen molar-refractivity contribution in [2.75, 3.05) is 0 Å². The molecule has 0 radical (unpaired) electrons. The van der Waals surface area contributed by atoms with Crippen LogP contribution in [0, 0.1) is 0 Å². The van der Waals surface area contributed by atoms with Gasteiger partial charge in [0.1, 0.15) is 0 Å². The van der Waals surface area contributed by atoms with Gasteiger partial charge in [-0.2, -0.15) is 15.1 Å². The minimum atomic E-state index is -0.425. The maximum absolute atomic E-state index is 9.95. The van der Waals surface area contributed by atoms with Gasteiger partial charge in [-0.05, 0) is 12.1 Å². The molecule has 6 heteroatoms. The molecule has 1 heterocycles. The highest BCUT2D eigenvalue weighted by molar-refractivity contribution is 5.62. The number of rotatable bonds is 3. The Morgan fingerprint density at radius 2 is 1.23 bits per heavy atom. The number of hydrogen-bond acceptors (Lipinski definition) is 6. The lowest BCUT2D eigenvalue weighted by Crippen LogP contribution is -1.89. The number of azo groups is 1. The Morgan fingerprint density at radius 3 is 1.82 bits per heavy atom. The Morgan fingerprint density at radius 1 is 0.682 bits per heavy atom. The van der Waals surface area contributed by atoms with Crippen molar-refractivity contribution in [2.24, 2.45) is 10.2 Å². The third-order valence-corrected chi connectivity index (χ3v) is 2.90. The van der Waals surface area contributed by atoms with Crippen molar-refractivity contribution < 1.29 is 10.2 Å². The zero-order valence-corrected chi connectivity index (χ0v) is 11.5. The van der Waals surface area contributed by atoms with E-state index in [0.717, 1.165) is 0 Å². The van der Waals surface area contributed by atoms with Gasteiger partial charge in [0.2, 0.25) is 17.4 Å². The highest BCUT2D eigenvalue weighted by atomic mass is 16.3. The van der Waals surface area contributed by atoms with Crippen molar-refractivity contribution in [3.63, 3.8) is 0 Å². The fourth-order valence-corrected chi connectivity index (χ4v) is 1.84. The van der Waals surface area contributed by atoms with Crippen LogP contribution < -0.4 is 0 Å². The minimum Gasteiger partial charge on any atom is -0.491 e. The van der Waals surface area contributed by atoms with E-state index in [0.29, 0.717) is 11.3 Å². The normalized spacial score (nSPS) is 10.9. The number of aromatic nitrogens is 2. The summed E-state index contributed by atoms with van der Waals surface area (Å²) in [6, 6.07) is 18.0. The van der Waals surface area contributed by atoms with Gasteiger partial charge in [0.25, 0.3) is 0 Å². The summed E-state index contributed by atoms with van der Waals surface area (Å²) >= 11 is 0. The van der Waals surface area contributed by atoms with Crippen LogP contribution in [0.1, 0.15) is 0 Å². The second-order valence-electron chi connectivity index (χ2n) is 4.44. The summed E-state index contributed by atoms with van der Waals surface area (Å²) in [5.41, 5.74) is 1.11. The molecule has 1 aromatic heterocycles. The lowest BCUT2D eigenvalue weighted by atomic mass is 10.2. The molecule has 0 bridgehead atoms. The largest absolute Gasteiger partial charge is 0.491 e. The zero-order valence-electron chi connectivity index (χ0n) is 11.5. The quantitative estimate of drug-likeness (QED) is 0.714. The van der Waals surface area contributed by atoms with Gasteiger partial charge >= 0.3 is 0 Å². The molecule has 0 fully saturated rings. The number of hydrogen-bond donors (Lipinski definition) is 2. The molecule has 0 aliphatic carbocycles. The summed E-state index contributed by atoms with van der Waals surface area (Å²) in [6.07, 6.45) is 0. The molecule has 2 N–H and O–H groups in total. The predicted molar refractivity (Wildman–Crippen MR) is 81.4 cm³/mol. The molecular formula is C16H12N4O2. The molecule has 3 rings (SSSR count). The van der Waals surface area contributed by atoms with Crippen molar-refractivity contribution >= 4 is 11.4 Å². The fraction of sp³-hybridized carbons (Fsp3) is 0. The number of aromatic hydroxyl groups is 2. The SMILES string of the molecule is Oc1nc(-c2ccccc2)nc(O)c1/N=N/c1ccccc1. The topological polar surface area (TPSA) is 91.0 Å². The molecule has 0 spiro atoms. The smallest absolute Gasteiger partial charge is 0.247 e. The van der Waals surface area contributed by atoms with E-state index in [2.05, 4.69) is 20.2 Å². The third kappa shape index (κ3) is 2.90. The third-order valence-electron chi connectivity index (χ3n) is 2.90. The van der Waals surface area contributed by atoms with Gasteiger partial charge in [-0.1, -0.05) is 48.5 Å². The molecule has 108 valence electrons. The summed E-state index contributed by atoms with van der Waals surface area (Å²) in [6.45, 7) is 0. The lowest BCUT2D eigenvalue weighted by Gasteiger charge is -2.04. The lowest BCUT2D eigenvalue weighted by molar-refractivity contribution is 0.425. The predicted octanol–water partition coefficient (Wildman–Crippen LogP) is 3.97. The van der Waals surface area contributed by atoms with Crippen molar-refractivity contribution in [2.45, 2.75) is 0 Å². The van der Waals surface area contributed by atoms with E-state index in [1.165, 1.54) is 0 Å². The Labute approximate surface area is 126 Å². The summed E-state index contributed by atoms with van der Waals surface area (Å²) in [5, 5.41) is 27.6. The molecule has 0 saturated carbocycles. The number of nitrogens with zero attached hydrogens (tertiary/aromatic N) is 4. The molecule has 22 heavy (non-hydrogen) atoms. The minimum absolute atomic E-state index is 0.163. The van der Waals surface area contributed by atoms with Crippen molar-refractivity contribution in [1.29, 1.82) is 0 Å². The van der Waals surface area contributed by atoms with Crippen LogP contribution in [0.25, 0.3) is 11.4 Å². The fourth-order valence-electron chi connectivity index (χ4n) is 1.84. The Bertz CT molecular complexity index is 782. The highest BCUT2D eigenvalue weighted by Crippen LogP contribution is 2.35. The average molecular weight is 292 g/mol. The monoisotopic (exact) mass is 292 g/mol. The first-order valence-electron chi connectivity index (χ1n) is 6.56. The average Bonchev–Trinajstić information content (AvgIpc) is 2.56. The number of benzene rings is 2. The van der Waals surface area contributed by atoms with E-state index >= 15 is 0 Å². The van der Waals surface area contributed by atoms with Crippen LogP contribution in [-0.2, 0) is 0 Å². The van der Waals surface area contributed by atoms with Gasteiger partial charge < -0.3 is 10.2 Å². The van der Waals surface area contributed by atoms with E-state index in [9.17, 15) is 10.2 Å². The first-order chi connectivity index (χ1) is 10.7. The van der Waals surface area contributed by atoms with Crippen LogP contribution in [0.2, 0.25) is 0 Å². The molecule has 0 aliphatic rings. The molecule has 0 atom stereocenters. The van der Waals surface area contributed by atoms with Crippen molar-refractivity contribution in [3.05, 3.63) is 60.7 Å². The maximum Gasteiger partial charge on any atom is 0.247 e. The van der Waals surface area contributed by atoms with Crippen LogP contribution in [0.3, 0.4) is 0 Å². The summed E-state index contributed by atoms with van der Waals surface area (Å²) in [5.74, 6) is -0.633. The van der Waals surface area contributed by atoms with E-state index in [1.807, 2.05) is 36.4 Å². The van der Waals surface area contributed by atoms with Crippen LogP contribution >= 0.6 is 0 Å². The van der Waals surface area contributed by atoms with Crippen molar-refractivity contribution in [3.8, 4) is 23.1 Å². The van der Waals surface area contributed by atoms with Crippen molar-refractivity contribution in [1.82, 2.24) is 9.97 Å². The van der Waals surface area contributed by atoms with E-state index in [-0.39, 0.29) is 11.5 Å². The van der Waals surface area contributed by atoms with Gasteiger partial charge in [0.05, 0.1) is 5.69 Å². The van der Waals surface area contributed by atoms with Gasteiger partial charge in [-0.15, -0.1) is 5.11 Å². The summed E-state index contributed by atoms with van der Waals surface area (Å²) < 4.78 is 0. The molecular weight excluding hydrogens is 280 g/mol. The van der Waals surface area contributed by atoms with Gasteiger partial charge in [-0.25, -0.2) is 0 Å². The molecule has 0 amide bonds. The molecule has 0 unspecified atom stereocenters. The van der Waals surface area contributed by atoms with Gasteiger partial charge in [-0.3, -0.25) is 0 Å². The Balaban J connectivity index is 1.95. The van der Waals surface area contributed by atoms with Crippen LogP contribution in [0.4, 0.5) is 11.4 Å². The highest BCUT2D eigenvalue weighted by Gasteiger charge is 2.14. The first kappa shape index (κ1) is 13.7. The van der Waals surface area contributed by atoms with E-state index in [4.69, 9.17) is 0 Å². The molecule has 0 aliphatic heterocycles. The van der Waals surface area contributed by atoms with Crippen LogP contribution in [-0.4, -0.2) is 20.2 Å². The van der Waals surface area contributed by atoms with Gasteiger partial charge in [0.15, 0.2) is 5.82 Å². The van der Waals surface area contributed by atoms with E-state index < -0.39 is 11.8 Å². The Hall–Kier alpha value is -3.28. The standard InChI is InChI=1S/C16H12N4O2/c21-15-13(20-19-12-9-5-2-6-10-12)16(22)18-14(17-15)11-7-3-1-4-8-11/h1-10H,(H2,17,18,21,22)/b20-19+. The summed E-state index contributed by atoms with van der Waals surface area (Å²) in [4.78, 5) is 7.89. The van der Waals surface area contributed by atoms with Gasteiger partial charge in [0, 0.05) is 5.56 Å². The second kappa shape index (κ2) is 6.01. The Kier molecular flexibility index (Phi) is 3.74. The molecule has 6 nitrogen and oxygen atoms in total. The maximum atomic E-state index is 9.95. The molecule has 0 saturated heterocycles. The van der Waals surface area contributed by atoms with Crippen LogP contribution in [0.5, 0.6) is 11.8 Å². The first-order valence-corrected chi connectivity index (χ1v) is 6.56.